The Balaban J connectivity index is 1.24. The van der Waals surface area contributed by atoms with Gasteiger partial charge in [-0.15, -0.1) is 0 Å². The van der Waals surface area contributed by atoms with Gasteiger partial charge in [0.15, 0.2) is 11.6 Å². The van der Waals surface area contributed by atoms with E-state index in [9.17, 15) is 22.8 Å². The summed E-state index contributed by atoms with van der Waals surface area (Å²) in [5.41, 5.74) is 1.66. The molecule has 0 saturated carbocycles. The number of likely N-dealkylation sites (tertiary alicyclic amines) is 1. The van der Waals surface area contributed by atoms with Crippen LogP contribution in [0.15, 0.2) is 54.2 Å². The van der Waals surface area contributed by atoms with E-state index in [1.54, 1.807) is 0 Å². The molecule has 180 valence electrons. The summed E-state index contributed by atoms with van der Waals surface area (Å²) in [5.74, 6) is -2.22. The Morgan fingerprint density at radius 3 is 2.41 bits per heavy atom. The summed E-state index contributed by atoms with van der Waals surface area (Å²) < 4.78 is 40.1. The van der Waals surface area contributed by atoms with Gasteiger partial charge in [0.25, 0.3) is 5.91 Å². The number of carbonyl (C=O) groups excluding carboxylic acids is 2. The van der Waals surface area contributed by atoms with E-state index in [-0.39, 0.29) is 17.0 Å². The number of carbonyl (C=O) groups is 2. The van der Waals surface area contributed by atoms with Gasteiger partial charge in [-0.25, -0.2) is 18.0 Å². The summed E-state index contributed by atoms with van der Waals surface area (Å²) in [7, 11) is 0. The third-order valence-electron chi connectivity index (χ3n) is 6.35. The van der Waals surface area contributed by atoms with Crippen LogP contribution in [0.5, 0.6) is 0 Å². The maximum Gasteiger partial charge on any atom is 0.319 e. The van der Waals surface area contributed by atoms with Gasteiger partial charge < -0.3 is 20.9 Å². The Hall–Kier alpha value is -3.33. The molecule has 1 fully saturated rings. The molecule has 0 spiro atoms. The first-order chi connectivity index (χ1) is 16.4. The van der Waals surface area contributed by atoms with Crippen molar-refractivity contribution in [2.24, 2.45) is 0 Å². The van der Waals surface area contributed by atoms with E-state index in [0.717, 1.165) is 51.0 Å². The van der Waals surface area contributed by atoms with Crippen molar-refractivity contribution in [1.29, 1.82) is 0 Å². The number of nitrogens with zero attached hydrogens (tertiary/aromatic N) is 1. The van der Waals surface area contributed by atoms with E-state index in [0.29, 0.717) is 12.5 Å². The third kappa shape index (κ3) is 5.77. The van der Waals surface area contributed by atoms with Crippen molar-refractivity contribution in [3.8, 4) is 0 Å². The summed E-state index contributed by atoms with van der Waals surface area (Å²) in [5, 5.41) is 7.85. The Kier molecular flexibility index (Phi) is 7.52. The second-order valence-corrected chi connectivity index (χ2v) is 8.60. The third-order valence-corrected chi connectivity index (χ3v) is 6.35. The second-order valence-electron chi connectivity index (χ2n) is 8.60. The van der Waals surface area contributed by atoms with Crippen LogP contribution in [0.25, 0.3) is 0 Å². The Morgan fingerprint density at radius 2 is 1.71 bits per heavy atom. The number of hydrogen-bond donors (Lipinski definition) is 3. The molecule has 0 radical (unpaired) electrons. The monoisotopic (exact) mass is 472 g/mol. The highest BCUT2D eigenvalue weighted by molar-refractivity contribution is 5.97. The predicted octanol–water partition coefficient (Wildman–Crippen LogP) is 3.73. The number of nitrogens with one attached hydrogen (secondary N) is 3. The SMILES string of the molecule is O=C1NC=C(C(=O)NCCCN2CCC(c3ccc(F)cc3)CC2)[C@@H](c2ccc(F)c(F)c2)N1. The molecule has 9 heteroatoms. The smallest absolute Gasteiger partial charge is 0.319 e. The molecule has 1 atom stereocenters. The van der Waals surface area contributed by atoms with E-state index < -0.39 is 29.6 Å². The van der Waals surface area contributed by atoms with Crippen LogP contribution in [0, 0.1) is 17.5 Å². The van der Waals surface area contributed by atoms with Gasteiger partial charge in [-0.3, -0.25) is 4.79 Å². The minimum Gasteiger partial charge on any atom is -0.352 e. The van der Waals surface area contributed by atoms with Gasteiger partial charge in [0.2, 0.25) is 0 Å². The zero-order chi connectivity index (χ0) is 24.1. The van der Waals surface area contributed by atoms with Gasteiger partial charge in [0.1, 0.15) is 5.82 Å². The molecule has 1 saturated heterocycles. The van der Waals surface area contributed by atoms with Gasteiger partial charge in [0, 0.05) is 12.7 Å². The molecular formula is C25H27F3N4O2. The summed E-state index contributed by atoms with van der Waals surface area (Å²) in [6, 6.07) is 8.59. The van der Waals surface area contributed by atoms with Crippen LogP contribution in [0.4, 0.5) is 18.0 Å². The number of amides is 3. The number of benzene rings is 2. The van der Waals surface area contributed by atoms with Crippen molar-refractivity contribution in [1.82, 2.24) is 20.9 Å². The zero-order valence-electron chi connectivity index (χ0n) is 18.6. The highest BCUT2D eigenvalue weighted by Crippen LogP contribution is 2.28. The van der Waals surface area contributed by atoms with Crippen LogP contribution in [0.3, 0.4) is 0 Å². The molecule has 2 aromatic carbocycles. The molecule has 0 unspecified atom stereocenters. The van der Waals surface area contributed by atoms with Gasteiger partial charge >= 0.3 is 6.03 Å². The Labute approximate surface area is 196 Å². The fraction of sp³-hybridized carbons (Fsp3) is 0.360. The fourth-order valence-electron chi connectivity index (χ4n) is 4.46. The molecule has 2 aliphatic rings. The van der Waals surface area contributed by atoms with Gasteiger partial charge in [-0.05, 0) is 80.2 Å². The molecule has 0 aliphatic carbocycles. The number of hydrogen-bond acceptors (Lipinski definition) is 3. The average Bonchev–Trinajstić information content (AvgIpc) is 2.84. The van der Waals surface area contributed by atoms with Gasteiger partial charge in [-0.1, -0.05) is 18.2 Å². The van der Waals surface area contributed by atoms with Crippen LogP contribution in [0.1, 0.15) is 42.3 Å². The molecule has 3 N–H and O–H groups in total. The Morgan fingerprint density at radius 1 is 1.00 bits per heavy atom. The summed E-state index contributed by atoms with van der Waals surface area (Å²) >= 11 is 0. The zero-order valence-corrected chi connectivity index (χ0v) is 18.6. The highest BCUT2D eigenvalue weighted by Gasteiger charge is 2.28. The number of rotatable bonds is 7. The Bertz CT molecular complexity index is 1070. The van der Waals surface area contributed by atoms with Crippen LogP contribution < -0.4 is 16.0 Å². The molecule has 2 aromatic rings. The van der Waals surface area contributed by atoms with Crippen LogP contribution in [-0.2, 0) is 4.79 Å². The van der Waals surface area contributed by atoms with E-state index in [4.69, 9.17) is 0 Å². The number of piperidine rings is 1. The first-order valence-electron chi connectivity index (χ1n) is 11.4. The first kappa shape index (κ1) is 23.8. The first-order valence-corrected chi connectivity index (χ1v) is 11.4. The van der Waals surface area contributed by atoms with E-state index in [1.807, 2.05) is 12.1 Å². The van der Waals surface area contributed by atoms with Crippen LogP contribution in [0.2, 0.25) is 0 Å². The molecule has 2 aliphatic heterocycles. The molecule has 0 bridgehead atoms. The van der Waals surface area contributed by atoms with Crippen molar-refractivity contribution in [2.45, 2.75) is 31.2 Å². The second kappa shape index (κ2) is 10.7. The predicted molar refractivity (Wildman–Crippen MR) is 121 cm³/mol. The van der Waals surface area contributed by atoms with E-state index in [2.05, 4.69) is 20.9 Å². The van der Waals surface area contributed by atoms with Crippen molar-refractivity contribution < 1.29 is 22.8 Å². The lowest BCUT2D eigenvalue weighted by Crippen LogP contribution is -2.45. The molecule has 2 heterocycles. The molecular weight excluding hydrogens is 445 g/mol. The summed E-state index contributed by atoms with van der Waals surface area (Å²) in [6.45, 7) is 3.15. The minimum atomic E-state index is -1.05. The number of halogens is 3. The van der Waals surface area contributed by atoms with Gasteiger partial charge in [-0.2, -0.15) is 0 Å². The van der Waals surface area contributed by atoms with Crippen molar-refractivity contribution in [3.63, 3.8) is 0 Å². The number of urea groups is 1. The maximum absolute atomic E-state index is 13.7. The van der Waals surface area contributed by atoms with Crippen molar-refractivity contribution in [3.05, 3.63) is 82.8 Å². The van der Waals surface area contributed by atoms with E-state index in [1.165, 1.54) is 30.0 Å². The lowest BCUT2D eigenvalue weighted by molar-refractivity contribution is -0.117. The molecule has 34 heavy (non-hydrogen) atoms. The molecule has 3 amide bonds. The average molecular weight is 473 g/mol. The lowest BCUT2D eigenvalue weighted by atomic mass is 9.89. The van der Waals surface area contributed by atoms with E-state index >= 15 is 0 Å². The normalized spacial score (nSPS) is 19.2. The van der Waals surface area contributed by atoms with Crippen molar-refractivity contribution >= 4 is 11.9 Å². The molecule has 0 aromatic heterocycles. The quantitative estimate of drug-likeness (QED) is 0.538. The summed E-state index contributed by atoms with van der Waals surface area (Å²) in [6.07, 6.45) is 4.05. The minimum absolute atomic E-state index is 0.214. The molecule has 6 nitrogen and oxygen atoms in total. The van der Waals surface area contributed by atoms with Crippen LogP contribution >= 0.6 is 0 Å². The molecule has 4 rings (SSSR count). The van der Waals surface area contributed by atoms with Crippen molar-refractivity contribution in [2.75, 3.05) is 26.2 Å². The van der Waals surface area contributed by atoms with Crippen LogP contribution in [-0.4, -0.2) is 43.0 Å². The fourth-order valence-corrected chi connectivity index (χ4v) is 4.46. The topological polar surface area (TPSA) is 73.5 Å². The van der Waals surface area contributed by atoms with Gasteiger partial charge in [0.05, 0.1) is 11.6 Å². The maximum atomic E-state index is 13.7. The standard InChI is InChI=1S/C25H27F3N4O2/c26-19-5-2-16(3-6-19)17-8-12-32(13-9-17)11-1-10-29-24(33)20-15-30-25(34)31-23(20)18-4-7-21(27)22(28)14-18/h2-7,14-15,17,23H,1,8-13H2,(H,29,33)(H2,30,31,34)/t23-/m1/s1. The highest BCUT2D eigenvalue weighted by atomic mass is 19.2. The largest absolute Gasteiger partial charge is 0.352 e. The lowest BCUT2D eigenvalue weighted by Gasteiger charge is -2.32. The summed E-state index contributed by atoms with van der Waals surface area (Å²) in [4.78, 5) is 26.8.